The second-order valence-corrected chi connectivity index (χ2v) is 9.70. The first-order valence-corrected chi connectivity index (χ1v) is 13.0. The van der Waals surface area contributed by atoms with Crippen molar-refractivity contribution >= 4 is 28.4 Å². The lowest BCUT2D eigenvalue weighted by molar-refractivity contribution is -0.121. The maximum atomic E-state index is 13.2. The van der Waals surface area contributed by atoms with Crippen LogP contribution in [0.15, 0.2) is 85.1 Å². The van der Waals surface area contributed by atoms with Crippen molar-refractivity contribution in [3.63, 3.8) is 0 Å². The second kappa shape index (κ2) is 11.7. The Kier molecular flexibility index (Phi) is 8.01. The Morgan fingerprint density at radius 2 is 1.64 bits per heavy atom. The van der Waals surface area contributed by atoms with Crippen LogP contribution in [0.5, 0.6) is 0 Å². The summed E-state index contributed by atoms with van der Waals surface area (Å²) in [5.74, 6) is -0.114. The molecule has 186 valence electrons. The summed E-state index contributed by atoms with van der Waals surface area (Å²) in [7, 11) is 0. The zero-order chi connectivity index (χ0) is 24.7. The summed E-state index contributed by atoms with van der Waals surface area (Å²) in [6.45, 7) is 5.58. The Hall–Kier alpha value is -3.12. The van der Waals surface area contributed by atoms with E-state index in [0.717, 1.165) is 61.4 Å². The van der Waals surface area contributed by atoms with Crippen molar-refractivity contribution in [1.29, 1.82) is 0 Å². The Morgan fingerprint density at radius 1 is 0.917 bits per heavy atom. The van der Waals surface area contributed by atoms with Gasteiger partial charge in [0.15, 0.2) is 0 Å². The Labute approximate surface area is 217 Å². The lowest BCUT2D eigenvalue weighted by Crippen LogP contribution is -2.41. The largest absolute Gasteiger partial charge is 0.379 e. The number of hydrogen-bond acceptors (Lipinski definition) is 3. The molecule has 0 unspecified atom stereocenters. The predicted molar refractivity (Wildman–Crippen MR) is 146 cm³/mol. The van der Waals surface area contributed by atoms with E-state index in [9.17, 15) is 4.79 Å². The SMILES string of the molecule is O=C(C[C@H](c1ccccc1Cl)c1cn(Cc2ccccc2)c2ccccc12)NCCN1CCOCC1. The van der Waals surface area contributed by atoms with Crippen LogP contribution in [0.4, 0.5) is 0 Å². The van der Waals surface area contributed by atoms with Gasteiger partial charge in [0.1, 0.15) is 0 Å². The summed E-state index contributed by atoms with van der Waals surface area (Å²) in [6, 6.07) is 26.7. The monoisotopic (exact) mass is 501 g/mol. The molecule has 0 bridgehead atoms. The van der Waals surface area contributed by atoms with Crippen LogP contribution in [0, 0.1) is 0 Å². The molecule has 0 aliphatic carbocycles. The number of nitrogens with zero attached hydrogens (tertiary/aromatic N) is 2. The Balaban J connectivity index is 1.42. The maximum Gasteiger partial charge on any atom is 0.220 e. The fourth-order valence-electron chi connectivity index (χ4n) is 5.04. The van der Waals surface area contributed by atoms with Crippen molar-refractivity contribution in [3.8, 4) is 0 Å². The van der Waals surface area contributed by atoms with E-state index < -0.39 is 0 Å². The number of para-hydroxylation sites is 1. The van der Waals surface area contributed by atoms with Crippen molar-refractivity contribution in [2.45, 2.75) is 18.9 Å². The summed E-state index contributed by atoms with van der Waals surface area (Å²) < 4.78 is 7.70. The number of hydrogen-bond donors (Lipinski definition) is 1. The molecule has 5 nitrogen and oxygen atoms in total. The number of fused-ring (bicyclic) bond motifs is 1. The van der Waals surface area contributed by atoms with Gasteiger partial charge in [-0.15, -0.1) is 0 Å². The van der Waals surface area contributed by atoms with Gasteiger partial charge in [0.05, 0.1) is 13.2 Å². The average Bonchev–Trinajstić information content (AvgIpc) is 3.27. The standard InChI is InChI=1S/C30H32ClN3O2/c31-28-12-6-4-10-24(28)26(20-30(35)32-14-15-33-16-18-36-19-17-33)27-22-34(21-23-8-2-1-3-9-23)29-13-7-5-11-25(27)29/h1-13,22,26H,14-21H2,(H,32,35)/t26-/m1/s1. The van der Waals surface area contributed by atoms with Gasteiger partial charge in [-0.1, -0.05) is 78.3 Å². The average molecular weight is 502 g/mol. The molecule has 0 saturated carbocycles. The molecule has 6 heteroatoms. The number of ether oxygens (including phenoxy) is 1. The molecule has 0 radical (unpaired) electrons. The van der Waals surface area contributed by atoms with Gasteiger partial charge < -0.3 is 14.6 Å². The summed E-state index contributed by atoms with van der Waals surface area (Å²) in [5, 5.41) is 4.98. The van der Waals surface area contributed by atoms with Crippen LogP contribution in [0.1, 0.15) is 29.0 Å². The molecule has 1 atom stereocenters. The summed E-state index contributed by atoms with van der Waals surface area (Å²) in [6.07, 6.45) is 2.54. The van der Waals surface area contributed by atoms with Gasteiger partial charge in [-0.3, -0.25) is 9.69 Å². The highest BCUT2D eigenvalue weighted by Crippen LogP contribution is 2.37. The van der Waals surface area contributed by atoms with Crippen LogP contribution in [0.3, 0.4) is 0 Å². The third kappa shape index (κ3) is 5.81. The molecule has 1 amide bonds. The smallest absolute Gasteiger partial charge is 0.220 e. The minimum absolute atomic E-state index is 0.0352. The number of benzene rings is 3. The fraction of sp³-hybridized carbons (Fsp3) is 0.300. The van der Waals surface area contributed by atoms with Gasteiger partial charge in [0, 0.05) is 67.2 Å². The van der Waals surface area contributed by atoms with Crippen molar-refractivity contribution in [1.82, 2.24) is 14.8 Å². The molecule has 0 spiro atoms. The minimum atomic E-state index is -0.149. The van der Waals surface area contributed by atoms with Crippen LogP contribution in [-0.4, -0.2) is 54.8 Å². The number of amides is 1. The first-order chi connectivity index (χ1) is 17.7. The third-order valence-corrected chi connectivity index (χ3v) is 7.26. The molecular weight excluding hydrogens is 470 g/mol. The number of carbonyl (C=O) groups is 1. The van der Waals surface area contributed by atoms with Crippen LogP contribution in [0.25, 0.3) is 10.9 Å². The molecule has 1 aliphatic rings. The minimum Gasteiger partial charge on any atom is -0.379 e. The summed E-state index contributed by atoms with van der Waals surface area (Å²) in [5.41, 5.74) is 4.49. The molecule has 1 saturated heterocycles. The molecule has 1 fully saturated rings. The Bertz CT molecular complexity index is 1300. The third-order valence-electron chi connectivity index (χ3n) is 6.91. The topological polar surface area (TPSA) is 46.5 Å². The quantitative estimate of drug-likeness (QED) is 0.338. The molecular formula is C30H32ClN3O2. The predicted octanol–water partition coefficient (Wildman–Crippen LogP) is 5.31. The number of nitrogens with one attached hydrogen (secondary N) is 1. The highest BCUT2D eigenvalue weighted by Gasteiger charge is 2.24. The van der Waals surface area contributed by atoms with E-state index in [4.69, 9.17) is 16.3 Å². The zero-order valence-electron chi connectivity index (χ0n) is 20.4. The number of carbonyl (C=O) groups excluding carboxylic acids is 1. The highest BCUT2D eigenvalue weighted by molar-refractivity contribution is 6.31. The number of rotatable bonds is 9. The molecule has 36 heavy (non-hydrogen) atoms. The van der Waals surface area contributed by atoms with Crippen LogP contribution in [0.2, 0.25) is 5.02 Å². The van der Waals surface area contributed by atoms with Crippen LogP contribution < -0.4 is 5.32 Å². The summed E-state index contributed by atoms with van der Waals surface area (Å²) >= 11 is 6.69. The first-order valence-electron chi connectivity index (χ1n) is 12.6. The van der Waals surface area contributed by atoms with E-state index in [0.29, 0.717) is 18.0 Å². The van der Waals surface area contributed by atoms with E-state index in [1.165, 1.54) is 5.56 Å². The van der Waals surface area contributed by atoms with Gasteiger partial charge in [0.2, 0.25) is 5.91 Å². The van der Waals surface area contributed by atoms with Gasteiger partial charge in [-0.2, -0.15) is 0 Å². The van der Waals surface area contributed by atoms with Crippen LogP contribution >= 0.6 is 11.6 Å². The van der Waals surface area contributed by atoms with Gasteiger partial charge in [0.25, 0.3) is 0 Å². The zero-order valence-corrected chi connectivity index (χ0v) is 21.2. The lowest BCUT2D eigenvalue weighted by Gasteiger charge is -2.26. The van der Waals surface area contributed by atoms with Crippen molar-refractivity contribution in [3.05, 3.63) is 107 Å². The van der Waals surface area contributed by atoms with Crippen molar-refractivity contribution < 1.29 is 9.53 Å². The molecule has 4 aromatic rings. The maximum absolute atomic E-state index is 13.2. The van der Waals surface area contributed by atoms with Crippen molar-refractivity contribution in [2.75, 3.05) is 39.4 Å². The lowest BCUT2D eigenvalue weighted by atomic mass is 9.88. The normalized spacial score (nSPS) is 15.1. The molecule has 3 aromatic carbocycles. The summed E-state index contributed by atoms with van der Waals surface area (Å²) in [4.78, 5) is 15.5. The van der Waals surface area contributed by atoms with Gasteiger partial charge in [-0.25, -0.2) is 0 Å². The Morgan fingerprint density at radius 3 is 2.44 bits per heavy atom. The molecule has 5 rings (SSSR count). The molecule has 1 aliphatic heterocycles. The van der Waals surface area contributed by atoms with E-state index in [2.05, 4.69) is 69.5 Å². The molecule has 1 aromatic heterocycles. The number of aromatic nitrogens is 1. The highest BCUT2D eigenvalue weighted by atomic mass is 35.5. The van der Waals surface area contributed by atoms with Gasteiger partial charge >= 0.3 is 0 Å². The van der Waals surface area contributed by atoms with E-state index in [-0.39, 0.29) is 11.8 Å². The van der Waals surface area contributed by atoms with Crippen molar-refractivity contribution in [2.24, 2.45) is 0 Å². The second-order valence-electron chi connectivity index (χ2n) is 9.30. The molecule has 1 N–H and O–H groups in total. The van der Waals surface area contributed by atoms with Gasteiger partial charge in [-0.05, 0) is 28.8 Å². The van der Waals surface area contributed by atoms with E-state index in [1.54, 1.807) is 0 Å². The van der Waals surface area contributed by atoms with E-state index in [1.807, 2.05) is 30.3 Å². The number of morpholine rings is 1. The van der Waals surface area contributed by atoms with E-state index >= 15 is 0 Å². The van der Waals surface area contributed by atoms with Crippen LogP contribution in [-0.2, 0) is 16.1 Å². The fourth-order valence-corrected chi connectivity index (χ4v) is 5.31. The number of halogens is 1. The first kappa shape index (κ1) is 24.6. The molecule has 2 heterocycles.